The topological polar surface area (TPSA) is 75.6 Å². The Morgan fingerprint density at radius 1 is 1.67 bits per heavy atom. The predicted octanol–water partition coefficient (Wildman–Crippen LogP) is 1.00. The minimum atomic E-state index is -0.240. The summed E-state index contributed by atoms with van der Waals surface area (Å²) in [5, 5.41) is 13.1. The number of nitrogens with zero attached hydrogens (tertiary/aromatic N) is 3. The molecule has 0 fully saturated rings. The lowest BCUT2D eigenvalue weighted by molar-refractivity contribution is 0.102. The molecule has 78 valence electrons. The standard InChI is InChI=1S/C8H8IN5O/c1-14-3-2-6(13-14)11-8(15)7-5(9)4-10-12-7/h2-4H,1H3,(H,10,12)(H,11,13,15). The molecule has 0 aliphatic rings. The number of halogens is 1. The Bertz CT molecular complexity index is 489. The van der Waals surface area contributed by atoms with Crippen LogP contribution < -0.4 is 5.32 Å². The van der Waals surface area contributed by atoms with Gasteiger partial charge in [-0.25, -0.2) is 0 Å². The minimum Gasteiger partial charge on any atom is -0.304 e. The first kappa shape index (κ1) is 10.1. The average Bonchev–Trinajstić information content (AvgIpc) is 2.75. The van der Waals surface area contributed by atoms with E-state index < -0.39 is 0 Å². The molecule has 2 aromatic rings. The Balaban J connectivity index is 2.14. The van der Waals surface area contributed by atoms with Gasteiger partial charge in [0.05, 0.1) is 9.77 Å². The van der Waals surface area contributed by atoms with E-state index in [0.717, 1.165) is 3.57 Å². The Morgan fingerprint density at radius 2 is 2.47 bits per heavy atom. The lowest BCUT2D eigenvalue weighted by Crippen LogP contribution is -2.14. The second-order valence-electron chi connectivity index (χ2n) is 2.92. The van der Waals surface area contributed by atoms with E-state index in [1.165, 1.54) is 0 Å². The summed E-state index contributed by atoms with van der Waals surface area (Å²) in [5.41, 5.74) is 0.446. The zero-order valence-electron chi connectivity index (χ0n) is 7.86. The molecule has 0 saturated carbocycles. The molecule has 2 heterocycles. The van der Waals surface area contributed by atoms with Crippen molar-refractivity contribution in [1.82, 2.24) is 20.0 Å². The molecule has 0 aromatic carbocycles. The van der Waals surface area contributed by atoms with Crippen LogP contribution in [0, 0.1) is 3.57 Å². The van der Waals surface area contributed by atoms with Crippen LogP contribution >= 0.6 is 22.6 Å². The Morgan fingerprint density at radius 3 is 3.00 bits per heavy atom. The van der Waals surface area contributed by atoms with Crippen LogP contribution in [0.5, 0.6) is 0 Å². The van der Waals surface area contributed by atoms with Gasteiger partial charge < -0.3 is 5.32 Å². The number of hydrogen-bond acceptors (Lipinski definition) is 3. The lowest BCUT2D eigenvalue weighted by atomic mass is 10.4. The number of nitrogens with one attached hydrogen (secondary N) is 2. The molecule has 1 amide bonds. The number of amides is 1. The van der Waals surface area contributed by atoms with Crippen molar-refractivity contribution in [1.29, 1.82) is 0 Å². The molecule has 0 aliphatic carbocycles. The van der Waals surface area contributed by atoms with Gasteiger partial charge in [0.1, 0.15) is 5.69 Å². The maximum absolute atomic E-state index is 11.7. The van der Waals surface area contributed by atoms with E-state index in [0.29, 0.717) is 11.5 Å². The molecule has 0 radical (unpaired) electrons. The number of aromatic amines is 1. The Labute approximate surface area is 99.2 Å². The molecular weight excluding hydrogens is 309 g/mol. The van der Waals surface area contributed by atoms with Gasteiger partial charge in [0, 0.05) is 19.3 Å². The third-order valence-electron chi connectivity index (χ3n) is 1.78. The summed E-state index contributed by atoms with van der Waals surface area (Å²) in [6.07, 6.45) is 3.35. The van der Waals surface area contributed by atoms with Gasteiger partial charge in [-0.1, -0.05) is 0 Å². The van der Waals surface area contributed by atoms with Gasteiger partial charge in [0.15, 0.2) is 5.82 Å². The molecule has 0 unspecified atom stereocenters. The molecule has 0 spiro atoms. The highest BCUT2D eigenvalue weighted by Gasteiger charge is 2.12. The first-order valence-corrected chi connectivity index (χ1v) is 5.24. The van der Waals surface area contributed by atoms with Gasteiger partial charge in [0.2, 0.25) is 0 Å². The van der Waals surface area contributed by atoms with E-state index in [2.05, 4.69) is 20.6 Å². The fraction of sp³-hybridized carbons (Fsp3) is 0.125. The number of hydrogen-bond donors (Lipinski definition) is 2. The number of aryl methyl sites for hydroxylation is 1. The van der Waals surface area contributed by atoms with E-state index in [1.54, 1.807) is 30.2 Å². The number of rotatable bonds is 2. The van der Waals surface area contributed by atoms with Crippen LogP contribution in [0.15, 0.2) is 18.5 Å². The number of H-pyrrole nitrogens is 1. The summed E-state index contributed by atoms with van der Waals surface area (Å²) < 4.78 is 2.40. The van der Waals surface area contributed by atoms with Crippen LogP contribution in [0.4, 0.5) is 5.82 Å². The van der Waals surface area contributed by atoms with Gasteiger partial charge in [-0.3, -0.25) is 14.6 Å². The number of carbonyl (C=O) groups excluding carboxylic acids is 1. The highest BCUT2D eigenvalue weighted by atomic mass is 127. The third kappa shape index (κ3) is 2.17. The van der Waals surface area contributed by atoms with E-state index in [9.17, 15) is 4.79 Å². The van der Waals surface area contributed by atoms with Crippen molar-refractivity contribution < 1.29 is 4.79 Å². The minimum absolute atomic E-state index is 0.240. The molecule has 0 aliphatic heterocycles. The second kappa shape index (κ2) is 4.01. The van der Waals surface area contributed by atoms with E-state index >= 15 is 0 Å². The van der Waals surface area contributed by atoms with Crippen molar-refractivity contribution in [2.45, 2.75) is 0 Å². The van der Waals surface area contributed by atoms with Gasteiger partial charge in [-0.15, -0.1) is 0 Å². The van der Waals surface area contributed by atoms with Crippen molar-refractivity contribution in [3.05, 3.63) is 27.7 Å². The summed E-state index contributed by atoms with van der Waals surface area (Å²) in [7, 11) is 1.79. The summed E-state index contributed by atoms with van der Waals surface area (Å²) in [6.45, 7) is 0. The van der Waals surface area contributed by atoms with Gasteiger partial charge in [-0.05, 0) is 22.6 Å². The SMILES string of the molecule is Cn1ccc(NC(=O)c2[nH]ncc2I)n1. The van der Waals surface area contributed by atoms with Crippen LogP contribution in [0.25, 0.3) is 0 Å². The average molecular weight is 317 g/mol. The first-order chi connectivity index (χ1) is 7.16. The molecule has 0 atom stereocenters. The van der Waals surface area contributed by atoms with Crippen molar-refractivity contribution in [3.8, 4) is 0 Å². The number of anilines is 1. The van der Waals surface area contributed by atoms with Crippen molar-refractivity contribution in [3.63, 3.8) is 0 Å². The summed E-state index contributed by atoms with van der Waals surface area (Å²) >= 11 is 2.04. The molecule has 2 aromatic heterocycles. The van der Waals surface area contributed by atoms with Crippen molar-refractivity contribution >= 4 is 34.3 Å². The molecule has 2 rings (SSSR count). The van der Waals surface area contributed by atoms with E-state index in [-0.39, 0.29) is 5.91 Å². The zero-order chi connectivity index (χ0) is 10.8. The molecule has 0 saturated heterocycles. The zero-order valence-corrected chi connectivity index (χ0v) is 10.0. The van der Waals surface area contributed by atoms with Gasteiger partial charge >= 0.3 is 0 Å². The predicted molar refractivity (Wildman–Crippen MR) is 62.5 cm³/mol. The Hall–Kier alpha value is -1.38. The first-order valence-electron chi connectivity index (χ1n) is 4.16. The van der Waals surface area contributed by atoms with Gasteiger partial charge in [-0.2, -0.15) is 10.2 Å². The lowest BCUT2D eigenvalue weighted by Gasteiger charge is -1.99. The van der Waals surface area contributed by atoms with E-state index in [1.807, 2.05) is 22.6 Å². The fourth-order valence-electron chi connectivity index (χ4n) is 1.09. The quantitative estimate of drug-likeness (QED) is 0.812. The van der Waals surface area contributed by atoms with Crippen LogP contribution in [-0.2, 0) is 7.05 Å². The largest absolute Gasteiger partial charge is 0.304 e. The Kier molecular flexibility index (Phi) is 2.71. The number of aromatic nitrogens is 4. The summed E-state index contributed by atoms with van der Waals surface area (Å²) in [5.74, 6) is 0.281. The third-order valence-corrected chi connectivity index (χ3v) is 2.59. The molecule has 7 heteroatoms. The summed E-state index contributed by atoms with van der Waals surface area (Å²) in [6, 6.07) is 1.72. The molecule has 2 N–H and O–H groups in total. The van der Waals surface area contributed by atoms with Crippen molar-refractivity contribution in [2.75, 3.05) is 5.32 Å². The highest BCUT2D eigenvalue weighted by molar-refractivity contribution is 14.1. The highest BCUT2D eigenvalue weighted by Crippen LogP contribution is 2.10. The molecule has 0 bridgehead atoms. The normalized spacial score (nSPS) is 10.3. The van der Waals surface area contributed by atoms with Crippen LogP contribution in [0.1, 0.15) is 10.5 Å². The summed E-state index contributed by atoms with van der Waals surface area (Å²) in [4.78, 5) is 11.7. The maximum Gasteiger partial charge on any atom is 0.275 e. The molecular formula is C8H8IN5O. The molecule has 15 heavy (non-hydrogen) atoms. The van der Waals surface area contributed by atoms with Crippen LogP contribution in [0.2, 0.25) is 0 Å². The monoisotopic (exact) mass is 317 g/mol. The van der Waals surface area contributed by atoms with Gasteiger partial charge in [0.25, 0.3) is 5.91 Å². The van der Waals surface area contributed by atoms with Crippen LogP contribution in [-0.4, -0.2) is 25.9 Å². The van der Waals surface area contributed by atoms with E-state index in [4.69, 9.17) is 0 Å². The molecule has 6 nitrogen and oxygen atoms in total. The smallest absolute Gasteiger partial charge is 0.275 e. The second-order valence-corrected chi connectivity index (χ2v) is 4.08. The van der Waals surface area contributed by atoms with Crippen molar-refractivity contribution in [2.24, 2.45) is 7.05 Å². The number of carbonyl (C=O) groups is 1. The van der Waals surface area contributed by atoms with Crippen LogP contribution in [0.3, 0.4) is 0 Å². The fourth-order valence-corrected chi connectivity index (χ4v) is 1.60. The maximum atomic E-state index is 11.7.